The van der Waals surface area contributed by atoms with E-state index >= 15 is 0 Å². The zero-order chi connectivity index (χ0) is 31.5. The molecule has 224 valence electrons. The molecule has 0 aromatic carbocycles. The Morgan fingerprint density at radius 1 is 0.278 bits per heavy atom. The van der Waals surface area contributed by atoms with Gasteiger partial charge in [-0.2, -0.15) is 33.7 Å². The second kappa shape index (κ2) is 22.6. The van der Waals surface area contributed by atoms with Crippen LogP contribution in [-0.4, -0.2) is 140 Å². The molecule has 0 spiro atoms. The molecule has 0 heterocycles. The molecule has 0 atom stereocenters. The van der Waals surface area contributed by atoms with Crippen molar-refractivity contribution in [3.05, 3.63) is 0 Å². The summed E-state index contributed by atoms with van der Waals surface area (Å²) in [6, 6.07) is 0. The zero-order valence-corrected chi connectivity index (χ0v) is 22.2. The minimum atomic E-state index is -4.92. The summed E-state index contributed by atoms with van der Waals surface area (Å²) in [5, 5.41) is 0. The van der Waals surface area contributed by atoms with Crippen LogP contribution in [-0.2, 0) is 72.8 Å². The normalized spacial score (nSPS) is 11.3. The van der Waals surface area contributed by atoms with Gasteiger partial charge in [0, 0.05) is 0 Å². The number of rotatable bonds is 0. The van der Waals surface area contributed by atoms with Crippen molar-refractivity contribution >= 4 is 90.2 Å². The molecule has 0 rings (SSSR count). The van der Waals surface area contributed by atoms with Crippen LogP contribution in [0.15, 0.2) is 0 Å². The van der Waals surface area contributed by atoms with Gasteiger partial charge in [0.1, 0.15) is 0 Å². The molecule has 0 saturated carbocycles. The molecule has 0 aliphatic rings. The summed E-state index contributed by atoms with van der Waals surface area (Å²) in [4.78, 5) is 0. The van der Waals surface area contributed by atoms with E-state index in [2.05, 4.69) is 0 Å². The Morgan fingerprint density at radius 2 is 0.278 bits per heavy atom. The van der Waals surface area contributed by atoms with Crippen molar-refractivity contribution in [3.8, 4) is 0 Å². The molecule has 0 aliphatic heterocycles. The smallest absolute Gasteiger partial charge is 0.726 e. The minimum Gasteiger partial charge on any atom is -0.726 e. The summed E-state index contributed by atoms with van der Waals surface area (Å²) in [6.07, 6.45) is 0. The summed E-state index contributed by atoms with van der Waals surface area (Å²) in [7, 11) is -33.4. The largest absolute Gasteiger partial charge is 3.00 e. The zero-order valence-electron chi connectivity index (χ0n) is 15.3. The van der Waals surface area contributed by atoms with E-state index in [1.165, 1.54) is 0 Å². The summed E-state index contributed by atoms with van der Waals surface area (Å²) >= 11 is 0. The molecule has 0 aliphatic carbocycles. The van der Waals surface area contributed by atoms with Crippen LogP contribution in [0.5, 0.6) is 0 Å². The molecular formula is H11AlO28S7. The molecule has 0 aromatic rings. The molecule has 0 aromatic heterocycles. The van der Waals surface area contributed by atoms with Crippen molar-refractivity contribution < 1.29 is 123 Å². The van der Waals surface area contributed by atoms with Gasteiger partial charge in [-0.25, -0.2) is 25.3 Å². The Bertz CT molecular complexity index is 909. The van der Waals surface area contributed by atoms with Gasteiger partial charge < -0.3 is 13.7 Å². The van der Waals surface area contributed by atoms with Crippen LogP contribution in [0.1, 0.15) is 0 Å². The molecule has 0 amide bonds. The Morgan fingerprint density at radius 3 is 0.278 bits per heavy atom. The van der Waals surface area contributed by atoms with Gasteiger partial charge >= 0.3 is 59.0 Å². The van der Waals surface area contributed by atoms with Crippen LogP contribution >= 0.6 is 0 Å². The van der Waals surface area contributed by atoms with Crippen LogP contribution in [0.3, 0.4) is 0 Å². The standard InChI is InChI=1S/Al.7H2O4S/c;7*1-5(2,3)4/h;7*(H2,1,2,3,4)/q+3;;;;;;;/p-3. The quantitative estimate of drug-likeness (QED) is 0.0633. The molecule has 0 saturated heterocycles. The fourth-order valence-corrected chi connectivity index (χ4v) is 0. The van der Waals surface area contributed by atoms with E-state index in [-0.39, 0.29) is 17.4 Å². The maximum atomic E-state index is 8.74. The van der Waals surface area contributed by atoms with Crippen molar-refractivity contribution in [1.29, 1.82) is 0 Å². The van der Waals surface area contributed by atoms with Gasteiger partial charge in [0.15, 0.2) is 0 Å². The van der Waals surface area contributed by atoms with Crippen LogP contribution in [0.4, 0.5) is 0 Å². The Labute approximate surface area is 212 Å². The van der Waals surface area contributed by atoms with E-state index < -0.39 is 72.8 Å². The van der Waals surface area contributed by atoms with Crippen LogP contribution < -0.4 is 0 Å². The first-order valence-corrected chi connectivity index (χ1v) is 14.5. The van der Waals surface area contributed by atoms with Gasteiger partial charge in [0.2, 0.25) is 31.2 Å². The molecule has 0 bridgehead atoms. The van der Waals surface area contributed by atoms with E-state index in [1.807, 2.05) is 0 Å². The van der Waals surface area contributed by atoms with Gasteiger partial charge in [-0.1, -0.05) is 0 Å². The summed E-state index contributed by atoms with van der Waals surface area (Å²) in [5.74, 6) is 0. The first-order valence-electron chi connectivity index (χ1n) is 4.84. The second-order valence-corrected chi connectivity index (χ2v) is 9.22. The topological polar surface area (TPSA) is 531 Å². The van der Waals surface area contributed by atoms with Crippen molar-refractivity contribution in [1.82, 2.24) is 0 Å². The van der Waals surface area contributed by atoms with E-state index in [4.69, 9.17) is 123 Å². The molecule has 0 unspecified atom stereocenters. The van der Waals surface area contributed by atoms with E-state index in [9.17, 15) is 0 Å². The van der Waals surface area contributed by atoms with Gasteiger partial charge in [-0.15, -0.1) is 0 Å². The molecule has 36 heteroatoms. The van der Waals surface area contributed by atoms with Gasteiger partial charge in [0.25, 0.3) is 0 Å². The first-order chi connectivity index (χ1) is 14.0. The molecule has 0 fully saturated rings. The number of hydrogen-bond donors (Lipinski definition) is 11. The fourth-order valence-electron chi connectivity index (χ4n) is 0. The minimum absolute atomic E-state index is 0. The SMILES string of the molecule is O=S(=O)(O)O.O=S(=O)(O)O.O=S(=O)(O)O.O=S(=O)(O)O.O=S(=O)([O-])O.O=S(=O)([O-])O.O=S(=O)([O-])O.[Al+3]. The van der Waals surface area contributed by atoms with Crippen molar-refractivity contribution in [2.75, 3.05) is 0 Å². The molecule has 28 nitrogen and oxygen atoms in total. The molecule has 11 N–H and O–H groups in total. The van der Waals surface area contributed by atoms with Crippen LogP contribution in [0.2, 0.25) is 0 Å². The molecular weight excluding hydrogens is 699 g/mol. The van der Waals surface area contributed by atoms with Crippen molar-refractivity contribution in [2.24, 2.45) is 0 Å². The Kier molecular flexibility index (Phi) is 35.1. The summed E-state index contributed by atoms with van der Waals surface area (Å²) in [5.41, 5.74) is 0. The first kappa shape index (κ1) is 56.0. The monoisotopic (exact) mass is 710 g/mol. The van der Waals surface area contributed by atoms with Crippen molar-refractivity contribution in [3.63, 3.8) is 0 Å². The number of hydrogen-bond acceptors (Lipinski definition) is 17. The van der Waals surface area contributed by atoms with E-state index in [0.717, 1.165) is 0 Å². The van der Waals surface area contributed by atoms with Gasteiger partial charge in [0.05, 0.1) is 0 Å². The maximum Gasteiger partial charge on any atom is 3.00 e. The Balaban J connectivity index is -0.0000000422. The van der Waals surface area contributed by atoms with Gasteiger partial charge in [-0.3, -0.25) is 50.1 Å². The predicted octanol–water partition coefficient (Wildman–Crippen LogP) is -5.98. The summed E-state index contributed by atoms with van der Waals surface area (Å²) < 4.78 is 225. The average molecular weight is 711 g/mol. The predicted molar refractivity (Wildman–Crippen MR) is 99.4 cm³/mol. The maximum absolute atomic E-state index is 8.74. The third-order valence-corrected chi connectivity index (χ3v) is 0. The molecule has 36 heavy (non-hydrogen) atoms. The fraction of sp³-hybridized carbons (Fsp3) is 0. The second-order valence-electron chi connectivity index (χ2n) is 3.07. The average Bonchev–Trinajstić information content (AvgIpc) is 2.06. The van der Waals surface area contributed by atoms with Crippen molar-refractivity contribution in [2.45, 2.75) is 0 Å². The van der Waals surface area contributed by atoms with Crippen LogP contribution in [0.25, 0.3) is 0 Å². The third-order valence-electron chi connectivity index (χ3n) is 0. The van der Waals surface area contributed by atoms with E-state index in [1.54, 1.807) is 0 Å². The summed E-state index contributed by atoms with van der Waals surface area (Å²) in [6.45, 7) is 0. The van der Waals surface area contributed by atoms with Crippen LogP contribution in [0, 0.1) is 0 Å². The third kappa shape index (κ3) is 251000. The van der Waals surface area contributed by atoms with Gasteiger partial charge in [-0.05, 0) is 0 Å². The van der Waals surface area contributed by atoms with E-state index in [0.29, 0.717) is 0 Å². The molecule has 0 radical (unpaired) electrons. The Hall–Kier alpha value is -0.378.